The van der Waals surface area contributed by atoms with Crippen LogP contribution in [-0.2, 0) is 4.74 Å². The number of rotatable bonds is 3. The fourth-order valence-electron chi connectivity index (χ4n) is 2.69. The van der Waals surface area contributed by atoms with Gasteiger partial charge in [-0.2, -0.15) is 0 Å². The van der Waals surface area contributed by atoms with Gasteiger partial charge >= 0.3 is 0 Å². The van der Waals surface area contributed by atoms with E-state index in [1.54, 1.807) is 0 Å². The van der Waals surface area contributed by atoms with Crippen LogP contribution < -0.4 is 10.6 Å². The molecular weight excluding hydrogens is 378 g/mol. The Kier molecular flexibility index (Phi) is 6.47. The Morgan fingerprint density at radius 2 is 1.20 bits per heavy atom. The van der Waals surface area contributed by atoms with Crippen molar-refractivity contribution < 1.29 is 4.74 Å². The number of ether oxygens (including phenoxy) is 1. The first-order valence-electron chi connectivity index (χ1n) is 6.92. The second kappa shape index (κ2) is 8.11. The van der Waals surface area contributed by atoms with Crippen LogP contribution in [0.15, 0.2) is 60.7 Å². The molecule has 1 aliphatic rings. The molecule has 1 aliphatic heterocycles. The summed E-state index contributed by atoms with van der Waals surface area (Å²) >= 11 is 0. The van der Waals surface area contributed by atoms with Crippen LogP contribution in [0.3, 0.4) is 0 Å². The Morgan fingerprint density at radius 3 is 1.65 bits per heavy atom. The molecule has 0 aromatic heterocycles. The van der Waals surface area contributed by atoms with E-state index in [4.69, 9.17) is 4.74 Å². The quantitative estimate of drug-likeness (QED) is 0.563. The van der Waals surface area contributed by atoms with Gasteiger partial charge in [0.15, 0.2) is 0 Å². The number of hydrogen-bond acceptors (Lipinski definition) is 1. The van der Waals surface area contributed by atoms with Gasteiger partial charge in [-0.15, -0.1) is 24.0 Å². The fraction of sp³-hybridized carbons (Fsp3) is 0.294. The molecule has 20 heavy (non-hydrogen) atoms. The van der Waals surface area contributed by atoms with Gasteiger partial charge < -0.3 is 4.74 Å². The van der Waals surface area contributed by atoms with Gasteiger partial charge in [0.2, 0.25) is 0 Å². The lowest BCUT2D eigenvalue weighted by Crippen LogP contribution is -2.27. The van der Waals surface area contributed by atoms with Crippen LogP contribution in [-0.4, -0.2) is 18.9 Å². The van der Waals surface area contributed by atoms with E-state index in [0.29, 0.717) is 0 Å². The van der Waals surface area contributed by atoms with Gasteiger partial charge in [-0.05, 0) is 37.0 Å². The molecule has 0 bridgehead atoms. The van der Waals surface area contributed by atoms with Gasteiger partial charge in [0.1, 0.15) is 0 Å². The van der Waals surface area contributed by atoms with Crippen molar-refractivity contribution in [2.24, 2.45) is 0 Å². The Morgan fingerprint density at radius 1 is 0.750 bits per heavy atom. The highest BCUT2D eigenvalue weighted by atomic mass is 127. The molecule has 1 heterocycles. The molecule has 3 heteroatoms. The zero-order valence-corrected chi connectivity index (χ0v) is 14.7. The average Bonchev–Trinajstić information content (AvgIpc) is 2.51. The fourth-order valence-corrected chi connectivity index (χ4v) is 5.55. The van der Waals surface area contributed by atoms with Gasteiger partial charge in [0.05, 0.1) is 0 Å². The molecule has 3 rings (SSSR count). The SMILES string of the molecule is I.c1ccc(P(c2ccccc2)C2CCOCC2)cc1. The molecule has 1 nitrogen and oxygen atoms in total. The maximum atomic E-state index is 5.53. The topological polar surface area (TPSA) is 9.23 Å². The number of benzene rings is 2. The van der Waals surface area contributed by atoms with Crippen molar-refractivity contribution in [3.63, 3.8) is 0 Å². The maximum absolute atomic E-state index is 5.53. The minimum Gasteiger partial charge on any atom is -0.381 e. The number of hydrogen-bond donors (Lipinski definition) is 0. The maximum Gasteiger partial charge on any atom is 0.0472 e. The highest BCUT2D eigenvalue weighted by molar-refractivity contribution is 14.0. The molecule has 1 fully saturated rings. The Labute approximate surface area is 139 Å². The second-order valence-electron chi connectivity index (χ2n) is 4.88. The van der Waals surface area contributed by atoms with Gasteiger partial charge in [-0.1, -0.05) is 60.7 Å². The molecular formula is C17H20IOP. The standard InChI is InChI=1S/C17H19OP.HI/c1-3-7-15(8-4-1)19(16-9-5-2-6-10-16)17-11-13-18-14-12-17;/h1-10,17H,11-14H2;1H. The summed E-state index contributed by atoms with van der Waals surface area (Å²) in [4.78, 5) is 0. The summed E-state index contributed by atoms with van der Waals surface area (Å²) < 4.78 is 5.53. The van der Waals surface area contributed by atoms with E-state index in [1.807, 2.05) is 0 Å². The van der Waals surface area contributed by atoms with E-state index in [2.05, 4.69) is 60.7 Å². The first-order valence-corrected chi connectivity index (χ1v) is 8.33. The van der Waals surface area contributed by atoms with E-state index in [1.165, 1.54) is 23.5 Å². The highest BCUT2D eigenvalue weighted by Gasteiger charge is 2.26. The summed E-state index contributed by atoms with van der Waals surface area (Å²) in [5.41, 5.74) is 0.758. The molecule has 1 saturated heterocycles. The monoisotopic (exact) mass is 398 g/mol. The predicted octanol–water partition coefficient (Wildman–Crippen LogP) is 3.92. The van der Waals surface area contributed by atoms with Gasteiger partial charge in [0, 0.05) is 13.2 Å². The van der Waals surface area contributed by atoms with Crippen molar-refractivity contribution in [2.75, 3.05) is 13.2 Å². The molecule has 0 unspecified atom stereocenters. The lowest BCUT2D eigenvalue weighted by atomic mass is 10.2. The minimum atomic E-state index is -0.249. The lowest BCUT2D eigenvalue weighted by Gasteiger charge is -2.31. The van der Waals surface area contributed by atoms with E-state index in [0.717, 1.165) is 18.9 Å². The van der Waals surface area contributed by atoms with Crippen LogP contribution in [0.1, 0.15) is 12.8 Å². The van der Waals surface area contributed by atoms with Crippen molar-refractivity contribution in [1.82, 2.24) is 0 Å². The van der Waals surface area contributed by atoms with Gasteiger partial charge in [-0.3, -0.25) is 0 Å². The average molecular weight is 398 g/mol. The van der Waals surface area contributed by atoms with Crippen molar-refractivity contribution in [3.8, 4) is 0 Å². The van der Waals surface area contributed by atoms with Crippen molar-refractivity contribution in [3.05, 3.63) is 60.7 Å². The van der Waals surface area contributed by atoms with Crippen LogP contribution in [0, 0.1) is 0 Å². The molecule has 0 amide bonds. The van der Waals surface area contributed by atoms with E-state index >= 15 is 0 Å². The normalized spacial score (nSPS) is 15.8. The zero-order valence-electron chi connectivity index (χ0n) is 11.4. The van der Waals surface area contributed by atoms with Gasteiger partial charge in [-0.25, -0.2) is 0 Å². The predicted molar refractivity (Wildman–Crippen MR) is 98.3 cm³/mol. The van der Waals surface area contributed by atoms with Crippen LogP contribution in [0.25, 0.3) is 0 Å². The molecule has 0 spiro atoms. The number of halogens is 1. The summed E-state index contributed by atoms with van der Waals surface area (Å²) in [6.07, 6.45) is 2.38. The Balaban J connectivity index is 0.00000147. The highest BCUT2D eigenvalue weighted by Crippen LogP contribution is 2.43. The third-order valence-electron chi connectivity index (χ3n) is 3.62. The largest absolute Gasteiger partial charge is 0.381 e. The third-order valence-corrected chi connectivity index (χ3v) is 6.58. The smallest absolute Gasteiger partial charge is 0.0472 e. The third kappa shape index (κ3) is 3.81. The second-order valence-corrected chi connectivity index (χ2v) is 7.39. The molecule has 2 aromatic rings. The Bertz CT molecular complexity index is 457. The summed E-state index contributed by atoms with van der Waals surface area (Å²) in [5, 5.41) is 2.99. The van der Waals surface area contributed by atoms with Crippen LogP contribution in [0.4, 0.5) is 0 Å². The molecule has 0 atom stereocenters. The zero-order chi connectivity index (χ0) is 12.9. The van der Waals surface area contributed by atoms with Crippen LogP contribution >= 0.6 is 31.9 Å². The first-order chi connectivity index (χ1) is 9.45. The lowest BCUT2D eigenvalue weighted by molar-refractivity contribution is 0.0994. The van der Waals surface area contributed by atoms with Crippen molar-refractivity contribution in [1.29, 1.82) is 0 Å². The van der Waals surface area contributed by atoms with Gasteiger partial charge in [0.25, 0.3) is 0 Å². The molecule has 106 valence electrons. The van der Waals surface area contributed by atoms with Crippen molar-refractivity contribution >= 4 is 42.5 Å². The van der Waals surface area contributed by atoms with Crippen LogP contribution in [0.5, 0.6) is 0 Å². The summed E-state index contributed by atoms with van der Waals surface area (Å²) in [6.45, 7) is 1.84. The molecule has 0 N–H and O–H groups in total. The summed E-state index contributed by atoms with van der Waals surface area (Å²) in [5.74, 6) is 0. The minimum absolute atomic E-state index is 0. The molecule has 2 aromatic carbocycles. The van der Waals surface area contributed by atoms with Crippen molar-refractivity contribution in [2.45, 2.75) is 18.5 Å². The van der Waals surface area contributed by atoms with Crippen LogP contribution in [0.2, 0.25) is 0 Å². The van der Waals surface area contributed by atoms with E-state index in [-0.39, 0.29) is 31.9 Å². The molecule has 0 radical (unpaired) electrons. The molecule has 0 saturated carbocycles. The summed E-state index contributed by atoms with van der Waals surface area (Å²) in [6, 6.07) is 22.0. The van der Waals surface area contributed by atoms with E-state index in [9.17, 15) is 0 Å². The van der Waals surface area contributed by atoms with E-state index < -0.39 is 0 Å². The first kappa shape index (κ1) is 15.9. The molecule has 0 aliphatic carbocycles. The summed E-state index contributed by atoms with van der Waals surface area (Å²) in [7, 11) is -0.249. The Hall–Kier alpha value is -0.440.